The van der Waals surface area contributed by atoms with Crippen molar-refractivity contribution in [2.75, 3.05) is 19.8 Å². The third kappa shape index (κ3) is 56.9. The average Bonchev–Trinajstić information content (AvgIpc) is 3.36. The van der Waals surface area contributed by atoms with Gasteiger partial charge in [0.25, 0.3) is 0 Å². The van der Waals surface area contributed by atoms with Crippen LogP contribution in [0.5, 0.6) is 0 Å². The highest BCUT2D eigenvalue weighted by Crippen LogP contribution is 2.14. The first-order valence-corrected chi connectivity index (χ1v) is 29.1. The summed E-state index contributed by atoms with van der Waals surface area (Å²) in [6, 6.07) is 0. The highest BCUT2D eigenvalue weighted by Gasteiger charge is 2.17. The van der Waals surface area contributed by atoms with Crippen LogP contribution < -0.4 is 0 Å². The number of hydrogen-bond donors (Lipinski definition) is 0. The number of allylic oxidation sites excluding steroid dienone is 20. The Hall–Kier alpha value is -3.70. The maximum Gasteiger partial charge on any atom is 0.306 e. The molecule has 0 saturated carbocycles. The fourth-order valence-corrected chi connectivity index (χ4v) is 7.71. The van der Waals surface area contributed by atoms with E-state index in [-0.39, 0.29) is 25.2 Å². The summed E-state index contributed by atoms with van der Waals surface area (Å²) in [4.78, 5) is 25.5. The van der Waals surface area contributed by atoms with Crippen LogP contribution in [0.4, 0.5) is 0 Å². The summed E-state index contributed by atoms with van der Waals surface area (Å²) in [6.07, 6.45) is 83.7. The molecule has 0 aliphatic heterocycles. The Morgan fingerprint density at radius 3 is 1.09 bits per heavy atom. The first-order valence-electron chi connectivity index (χ1n) is 29.1. The summed E-state index contributed by atoms with van der Waals surface area (Å²) in [5, 5.41) is 0. The molecular formula is C65H108O5. The van der Waals surface area contributed by atoms with E-state index >= 15 is 0 Å². The van der Waals surface area contributed by atoms with E-state index in [1.54, 1.807) is 0 Å². The van der Waals surface area contributed by atoms with Gasteiger partial charge in [-0.25, -0.2) is 0 Å². The summed E-state index contributed by atoms with van der Waals surface area (Å²) < 4.78 is 17.4. The van der Waals surface area contributed by atoms with Gasteiger partial charge >= 0.3 is 11.9 Å². The highest BCUT2D eigenvalue weighted by molar-refractivity contribution is 5.70. The number of carbonyl (C=O) groups is 2. The predicted octanol–water partition coefficient (Wildman–Crippen LogP) is 20.1. The lowest BCUT2D eigenvalue weighted by molar-refractivity contribution is -0.163. The van der Waals surface area contributed by atoms with Crippen LogP contribution in [-0.2, 0) is 23.8 Å². The lowest BCUT2D eigenvalue weighted by atomic mass is 10.1. The van der Waals surface area contributed by atoms with E-state index in [0.717, 1.165) is 109 Å². The lowest BCUT2D eigenvalue weighted by Gasteiger charge is -2.18. The minimum Gasteiger partial charge on any atom is -0.462 e. The Morgan fingerprint density at radius 1 is 0.329 bits per heavy atom. The first-order chi connectivity index (χ1) is 34.6. The summed E-state index contributed by atoms with van der Waals surface area (Å²) in [5.41, 5.74) is 0. The highest BCUT2D eigenvalue weighted by atomic mass is 16.6. The molecule has 70 heavy (non-hydrogen) atoms. The fourth-order valence-electron chi connectivity index (χ4n) is 7.71. The molecule has 0 aromatic rings. The Kier molecular flexibility index (Phi) is 56.5. The van der Waals surface area contributed by atoms with E-state index in [4.69, 9.17) is 14.2 Å². The molecule has 0 radical (unpaired) electrons. The quantitative estimate of drug-likeness (QED) is 0.0345. The van der Waals surface area contributed by atoms with Gasteiger partial charge in [-0.3, -0.25) is 9.59 Å². The summed E-state index contributed by atoms with van der Waals surface area (Å²) in [5.74, 6) is -0.478. The molecule has 0 aromatic carbocycles. The summed E-state index contributed by atoms with van der Waals surface area (Å²) in [7, 11) is 0. The Morgan fingerprint density at radius 2 is 0.657 bits per heavy atom. The number of rotatable bonds is 52. The van der Waals surface area contributed by atoms with Crippen molar-refractivity contribution in [1.29, 1.82) is 0 Å². The number of hydrogen-bond acceptors (Lipinski definition) is 5. The van der Waals surface area contributed by atoms with Crippen molar-refractivity contribution in [2.45, 2.75) is 258 Å². The Labute approximate surface area is 433 Å². The number of carbonyl (C=O) groups excluding carboxylic acids is 2. The number of ether oxygens (including phenoxy) is 3. The third-order valence-electron chi connectivity index (χ3n) is 12.0. The standard InChI is InChI=1S/C65H108O5/c1-4-7-10-13-16-19-22-25-28-31-32-33-36-39-42-45-48-51-54-57-60-68-61-63(70-65(67)59-56-53-50-47-44-41-38-35-30-27-24-21-18-15-12-9-6-3)62-69-64(66)58-55-52-49-46-43-40-37-34-29-26-23-20-17-14-11-8-5-2/h7-8,10-11,16-17,19-20,25-30,32-33,37,40,46,49,63H,4-6,9,12-15,18,21-24,31,34-36,38-39,41-45,47-48,50-62H2,1-3H3/b10-7-,11-8-,19-16-,20-17-,28-25-,29-26-,30-27-,33-32-,40-37-,49-46-. The molecule has 1 unspecified atom stereocenters. The lowest BCUT2D eigenvalue weighted by Crippen LogP contribution is -2.30. The van der Waals surface area contributed by atoms with Crippen molar-refractivity contribution >= 4 is 11.9 Å². The van der Waals surface area contributed by atoms with Gasteiger partial charge in [-0.15, -0.1) is 0 Å². The number of esters is 2. The van der Waals surface area contributed by atoms with Gasteiger partial charge in [0.15, 0.2) is 6.10 Å². The molecule has 0 aliphatic carbocycles. The van der Waals surface area contributed by atoms with Crippen LogP contribution in [0.15, 0.2) is 122 Å². The minimum atomic E-state index is -0.576. The van der Waals surface area contributed by atoms with Gasteiger partial charge in [-0.2, -0.15) is 0 Å². The van der Waals surface area contributed by atoms with Gasteiger partial charge in [0.1, 0.15) is 6.61 Å². The monoisotopic (exact) mass is 969 g/mol. The van der Waals surface area contributed by atoms with Gasteiger partial charge < -0.3 is 14.2 Å². The third-order valence-corrected chi connectivity index (χ3v) is 12.0. The van der Waals surface area contributed by atoms with Crippen molar-refractivity contribution < 1.29 is 23.8 Å². The van der Waals surface area contributed by atoms with Crippen LogP contribution >= 0.6 is 0 Å². The van der Waals surface area contributed by atoms with Crippen molar-refractivity contribution in [3.05, 3.63) is 122 Å². The molecule has 1 atom stereocenters. The van der Waals surface area contributed by atoms with Gasteiger partial charge in [0, 0.05) is 19.4 Å². The normalized spacial score (nSPS) is 13.1. The van der Waals surface area contributed by atoms with Gasteiger partial charge in [-0.05, 0) is 122 Å². The second-order valence-corrected chi connectivity index (χ2v) is 18.8. The Balaban J connectivity index is 4.41. The van der Waals surface area contributed by atoms with E-state index in [1.807, 2.05) is 0 Å². The van der Waals surface area contributed by atoms with Crippen molar-refractivity contribution in [1.82, 2.24) is 0 Å². The molecule has 0 aliphatic rings. The summed E-state index contributed by atoms with van der Waals surface area (Å²) in [6.45, 7) is 7.51. The van der Waals surface area contributed by atoms with E-state index in [2.05, 4.69) is 142 Å². The van der Waals surface area contributed by atoms with Gasteiger partial charge in [-0.1, -0.05) is 239 Å². The first kappa shape index (κ1) is 66.3. The molecule has 5 nitrogen and oxygen atoms in total. The van der Waals surface area contributed by atoms with Crippen LogP contribution in [0.1, 0.15) is 252 Å². The molecule has 0 amide bonds. The maximum absolute atomic E-state index is 12.9. The average molecular weight is 970 g/mol. The van der Waals surface area contributed by atoms with Crippen LogP contribution in [-0.4, -0.2) is 37.9 Å². The molecule has 0 saturated heterocycles. The van der Waals surface area contributed by atoms with Crippen molar-refractivity contribution in [3.63, 3.8) is 0 Å². The van der Waals surface area contributed by atoms with Gasteiger partial charge in [0.05, 0.1) is 6.61 Å². The van der Waals surface area contributed by atoms with Crippen molar-refractivity contribution in [2.24, 2.45) is 0 Å². The molecule has 0 N–H and O–H groups in total. The molecule has 0 rings (SSSR count). The molecule has 398 valence electrons. The smallest absolute Gasteiger partial charge is 0.306 e. The van der Waals surface area contributed by atoms with E-state index < -0.39 is 6.10 Å². The van der Waals surface area contributed by atoms with Crippen LogP contribution in [0.3, 0.4) is 0 Å². The number of unbranched alkanes of at least 4 members (excludes halogenated alkanes) is 21. The largest absolute Gasteiger partial charge is 0.462 e. The molecule has 0 bridgehead atoms. The Bertz CT molecular complexity index is 1420. The molecule has 0 heterocycles. The van der Waals surface area contributed by atoms with Gasteiger partial charge in [0.2, 0.25) is 0 Å². The predicted molar refractivity (Wildman–Crippen MR) is 306 cm³/mol. The van der Waals surface area contributed by atoms with Crippen LogP contribution in [0, 0.1) is 0 Å². The fraction of sp³-hybridized carbons (Fsp3) is 0.662. The topological polar surface area (TPSA) is 61.8 Å². The maximum atomic E-state index is 12.9. The second-order valence-electron chi connectivity index (χ2n) is 18.8. The molecule has 0 fully saturated rings. The van der Waals surface area contributed by atoms with E-state index in [1.165, 1.54) is 109 Å². The second kappa shape index (κ2) is 59.6. The SMILES string of the molecule is CC/C=C\C/C=C\C/C=C\C/C=C\C/C=C\CCCC(=O)OCC(COCCCCCCCCC/C=C\C/C=C\C/C=C\C/C=C\CC)OC(=O)CCCCCCCCC/C=C\CCCCCCCC. The molecule has 0 spiro atoms. The van der Waals surface area contributed by atoms with Crippen LogP contribution in [0.2, 0.25) is 0 Å². The van der Waals surface area contributed by atoms with E-state index in [0.29, 0.717) is 19.4 Å². The van der Waals surface area contributed by atoms with Crippen LogP contribution in [0.25, 0.3) is 0 Å². The van der Waals surface area contributed by atoms with E-state index in [9.17, 15) is 9.59 Å². The molecule has 0 aromatic heterocycles. The van der Waals surface area contributed by atoms with Crippen molar-refractivity contribution in [3.8, 4) is 0 Å². The zero-order chi connectivity index (χ0) is 50.6. The molecular weight excluding hydrogens is 861 g/mol. The molecule has 5 heteroatoms. The zero-order valence-corrected chi connectivity index (χ0v) is 45.7. The minimum absolute atomic E-state index is 0.0430. The zero-order valence-electron chi connectivity index (χ0n) is 45.7. The summed E-state index contributed by atoms with van der Waals surface area (Å²) >= 11 is 0.